The SMILES string of the molecule is CCCC(C)(CCC)CB1N(C)[B]N(C)[B]N1C. The molecule has 100 valence electrons. The second-order valence-corrected chi connectivity index (χ2v) is 6.22. The smallest absolute Gasteiger partial charge is 0.290 e. The molecule has 0 aromatic rings. The van der Waals surface area contributed by atoms with Crippen molar-refractivity contribution in [1.29, 1.82) is 0 Å². The highest BCUT2D eigenvalue weighted by Gasteiger charge is 2.38. The van der Waals surface area contributed by atoms with E-state index in [1.807, 2.05) is 0 Å². The molecule has 1 aliphatic rings. The Kier molecular flexibility index (Phi) is 6.29. The molecule has 1 saturated heterocycles. The predicted octanol–water partition coefficient (Wildman–Crippen LogP) is 1.96. The Morgan fingerprint density at radius 3 is 1.78 bits per heavy atom. The molecule has 0 amide bonds. The van der Waals surface area contributed by atoms with Gasteiger partial charge >= 0.3 is 0 Å². The molecule has 0 spiro atoms. The van der Waals surface area contributed by atoms with Crippen molar-refractivity contribution in [3.63, 3.8) is 0 Å². The quantitative estimate of drug-likeness (QED) is 0.664. The van der Waals surface area contributed by atoms with E-state index in [0.717, 1.165) is 0 Å². The van der Waals surface area contributed by atoms with Crippen molar-refractivity contribution in [3.05, 3.63) is 0 Å². The highest BCUT2D eigenvalue weighted by molar-refractivity contribution is 6.74. The van der Waals surface area contributed by atoms with E-state index in [0.29, 0.717) is 12.4 Å². The predicted molar refractivity (Wildman–Crippen MR) is 83.3 cm³/mol. The van der Waals surface area contributed by atoms with E-state index in [2.05, 4.69) is 71.2 Å². The third-order valence-corrected chi connectivity index (χ3v) is 4.05. The fourth-order valence-corrected chi connectivity index (χ4v) is 3.31. The molecule has 6 heteroatoms. The van der Waals surface area contributed by atoms with Gasteiger partial charge in [-0.15, -0.1) is 0 Å². The van der Waals surface area contributed by atoms with E-state index < -0.39 is 0 Å². The molecule has 0 aromatic carbocycles. The van der Waals surface area contributed by atoms with Crippen LogP contribution >= 0.6 is 0 Å². The molecule has 1 rings (SSSR count). The fraction of sp³-hybridized carbons (Fsp3) is 1.00. The third-order valence-electron chi connectivity index (χ3n) is 4.05. The van der Waals surface area contributed by atoms with E-state index in [1.54, 1.807) is 0 Å². The van der Waals surface area contributed by atoms with Gasteiger partial charge in [-0.25, -0.2) is 0 Å². The summed E-state index contributed by atoms with van der Waals surface area (Å²) in [5, 5.41) is 0. The van der Waals surface area contributed by atoms with Crippen LogP contribution in [0.25, 0.3) is 0 Å². The summed E-state index contributed by atoms with van der Waals surface area (Å²) in [6, 6.07) is 0. The van der Waals surface area contributed by atoms with Crippen LogP contribution in [0.2, 0.25) is 6.32 Å². The second kappa shape index (κ2) is 7.02. The van der Waals surface area contributed by atoms with Gasteiger partial charge in [0.1, 0.15) is 0 Å². The van der Waals surface area contributed by atoms with Crippen LogP contribution in [0.5, 0.6) is 0 Å². The van der Waals surface area contributed by atoms with Crippen molar-refractivity contribution < 1.29 is 0 Å². The van der Waals surface area contributed by atoms with Gasteiger partial charge in [0.05, 0.1) is 0 Å². The van der Waals surface area contributed by atoms with Crippen molar-refractivity contribution in [2.24, 2.45) is 5.41 Å². The van der Waals surface area contributed by atoms with Crippen LogP contribution in [-0.2, 0) is 0 Å². The average Bonchev–Trinajstić information content (AvgIpc) is 2.24. The first-order valence-corrected chi connectivity index (χ1v) is 7.27. The van der Waals surface area contributed by atoms with Crippen LogP contribution in [0.1, 0.15) is 46.5 Å². The molecule has 0 bridgehead atoms. The molecule has 0 atom stereocenters. The highest BCUT2D eigenvalue weighted by atomic mass is 15.3. The Morgan fingerprint density at radius 1 is 0.944 bits per heavy atom. The normalized spacial score (nSPS) is 19.8. The summed E-state index contributed by atoms with van der Waals surface area (Å²) in [7, 11) is 10.8. The lowest BCUT2D eigenvalue weighted by Crippen LogP contribution is -2.65. The van der Waals surface area contributed by atoms with Crippen molar-refractivity contribution in [3.8, 4) is 0 Å². The largest absolute Gasteiger partial charge is 0.367 e. The number of hydrogen-bond donors (Lipinski definition) is 0. The molecule has 0 aliphatic carbocycles. The zero-order valence-corrected chi connectivity index (χ0v) is 13.1. The van der Waals surface area contributed by atoms with Gasteiger partial charge in [-0.3, -0.25) is 0 Å². The van der Waals surface area contributed by atoms with Gasteiger partial charge in [-0.2, -0.15) is 0 Å². The van der Waals surface area contributed by atoms with E-state index in [4.69, 9.17) is 0 Å². The van der Waals surface area contributed by atoms with Crippen molar-refractivity contribution in [2.75, 3.05) is 21.1 Å². The number of rotatable bonds is 6. The molecule has 3 nitrogen and oxygen atoms in total. The molecule has 0 N–H and O–H groups in total. The molecular weight excluding hydrogens is 219 g/mol. The molecule has 0 saturated carbocycles. The number of nitrogens with zero attached hydrogens (tertiary/aromatic N) is 3. The van der Waals surface area contributed by atoms with E-state index in [-0.39, 0.29) is 0 Å². The summed E-state index contributed by atoms with van der Waals surface area (Å²) in [5.41, 5.74) is 0.467. The first kappa shape index (κ1) is 16.1. The minimum atomic E-state index is 0.467. The van der Waals surface area contributed by atoms with E-state index >= 15 is 0 Å². The lowest BCUT2D eigenvalue weighted by Gasteiger charge is -2.44. The Hall–Kier alpha value is 0.0748. The maximum absolute atomic E-state index is 2.46. The van der Waals surface area contributed by atoms with Crippen molar-refractivity contribution in [2.45, 2.75) is 52.8 Å². The van der Waals surface area contributed by atoms with Crippen LogP contribution in [0.4, 0.5) is 0 Å². The lowest BCUT2D eigenvalue weighted by atomic mass is 9.50. The molecular formula is C12H28B3N3. The van der Waals surface area contributed by atoms with Gasteiger partial charge in [0.15, 0.2) is 0 Å². The van der Waals surface area contributed by atoms with Gasteiger partial charge < -0.3 is 14.2 Å². The fourth-order valence-electron chi connectivity index (χ4n) is 3.31. The van der Waals surface area contributed by atoms with Crippen LogP contribution in [0.15, 0.2) is 0 Å². The van der Waals surface area contributed by atoms with Gasteiger partial charge in [0.2, 0.25) is 0 Å². The molecule has 1 heterocycles. The van der Waals surface area contributed by atoms with Crippen molar-refractivity contribution in [1.82, 2.24) is 14.2 Å². The number of hydrogen-bond acceptors (Lipinski definition) is 3. The van der Waals surface area contributed by atoms with Crippen LogP contribution in [0, 0.1) is 5.41 Å². The Bertz CT molecular complexity index is 235. The molecule has 18 heavy (non-hydrogen) atoms. The summed E-state index contributed by atoms with van der Waals surface area (Å²) >= 11 is 0. The monoisotopic (exact) mass is 247 g/mol. The van der Waals surface area contributed by atoms with Crippen LogP contribution < -0.4 is 0 Å². The van der Waals surface area contributed by atoms with E-state index in [9.17, 15) is 0 Å². The maximum Gasteiger partial charge on any atom is 0.290 e. The van der Waals surface area contributed by atoms with Crippen LogP contribution in [-0.4, -0.2) is 57.4 Å². The van der Waals surface area contributed by atoms with E-state index in [1.165, 1.54) is 32.0 Å². The summed E-state index contributed by atoms with van der Waals surface area (Å²) in [5.74, 6) is 0. The molecule has 2 radical (unpaired) electrons. The second-order valence-electron chi connectivity index (χ2n) is 6.22. The first-order valence-electron chi connectivity index (χ1n) is 7.27. The molecule has 0 unspecified atom stereocenters. The van der Waals surface area contributed by atoms with Gasteiger partial charge in [0.25, 0.3) is 22.1 Å². The summed E-state index contributed by atoms with van der Waals surface area (Å²) < 4.78 is 6.79. The zero-order chi connectivity index (χ0) is 13.8. The Morgan fingerprint density at radius 2 is 1.39 bits per heavy atom. The standard InChI is InChI=1S/C12H28B3N3/c1-7-9-12(3,10-8-2)11-15-17(5)13-16(4)14-18(15)6/h7-11H2,1-6H3. The lowest BCUT2D eigenvalue weighted by molar-refractivity contribution is 0.290. The Balaban J connectivity index is 2.67. The van der Waals surface area contributed by atoms with Gasteiger partial charge in [0, 0.05) is 0 Å². The Labute approximate surface area is 116 Å². The third kappa shape index (κ3) is 4.32. The summed E-state index contributed by atoms with van der Waals surface area (Å²) in [6.45, 7) is 7.55. The van der Waals surface area contributed by atoms with Gasteiger partial charge in [-0.1, -0.05) is 33.6 Å². The zero-order valence-electron chi connectivity index (χ0n) is 13.1. The minimum Gasteiger partial charge on any atom is -0.367 e. The summed E-state index contributed by atoms with van der Waals surface area (Å²) in [6.07, 6.45) is 6.46. The minimum absolute atomic E-state index is 0.467. The summed E-state index contributed by atoms with van der Waals surface area (Å²) in [4.78, 5) is 0. The molecule has 1 aliphatic heterocycles. The molecule has 0 aromatic heterocycles. The highest BCUT2D eigenvalue weighted by Crippen LogP contribution is 2.36. The van der Waals surface area contributed by atoms with Gasteiger partial charge in [-0.05, 0) is 45.7 Å². The average molecular weight is 247 g/mol. The molecule has 1 fully saturated rings. The topological polar surface area (TPSA) is 9.72 Å². The maximum atomic E-state index is 2.46. The van der Waals surface area contributed by atoms with Crippen LogP contribution in [0.3, 0.4) is 0 Å². The van der Waals surface area contributed by atoms with Crippen molar-refractivity contribution >= 4 is 22.1 Å². The first-order chi connectivity index (χ1) is 8.41.